The van der Waals surface area contributed by atoms with Crippen molar-refractivity contribution in [2.24, 2.45) is 0 Å². The zero-order valence-electron chi connectivity index (χ0n) is 17.7. The van der Waals surface area contributed by atoms with E-state index in [2.05, 4.69) is 43.4 Å². The number of nitrogens with one attached hydrogen (secondary N) is 1. The molecule has 0 saturated carbocycles. The van der Waals surface area contributed by atoms with E-state index >= 15 is 0 Å². The Bertz CT molecular complexity index is 836. The van der Waals surface area contributed by atoms with E-state index < -0.39 is 29.1 Å². The molecule has 1 aromatic rings. The maximum absolute atomic E-state index is 13.2. The van der Waals surface area contributed by atoms with E-state index in [4.69, 9.17) is 0 Å². The van der Waals surface area contributed by atoms with Gasteiger partial charge in [-0.2, -0.15) is 4.39 Å². The fraction of sp³-hybridized carbons (Fsp3) is 0.522. The van der Waals surface area contributed by atoms with Crippen molar-refractivity contribution in [2.45, 2.75) is 77.4 Å². The number of hydrogen-bond acceptors (Lipinski definition) is 4. The van der Waals surface area contributed by atoms with E-state index in [-0.39, 0.29) is 6.42 Å². The van der Waals surface area contributed by atoms with Crippen LogP contribution in [0.2, 0.25) is 0 Å². The molecule has 0 aromatic carbocycles. The summed E-state index contributed by atoms with van der Waals surface area (Å²) >= 11 is 0. The van der Waals surface area contributed by atoms with Gasteiger partial charge in [-0.05, 0) is 38.5 Å². The van der Waals surface area contributed by atoms with E-state index in [0.717, 1.165) is 51.4 Å². The van der Waals surface area contributed by atoms with Crippen LogP contribution < -0.4 is 11.2 Å². The molecule has 2 N–H and O–H groups in total. The third-order valence-corrected chi connectivity index (χ3v) is 4.55. The number of carbonyl (C=O) groups is 1. The molecule has 1 rings (SSSR count). The summed E-state index contributed by atoms with van der Waals surface area (Å²) < 4.78 is 13.7. The average Bonchev–Trinajstić information content (AvgIpc) is 2.72. The Balaban J connectivity index is 2.12. The van der Waals surface area contributed by atoms with Crippen molar-refractivity contribution in [3.63, 3.8) is 0 Å². The third-order valence-electron chi connectivity index (χ3n) is 4.55. The molecule has 166 valence electrons. The Morgan fingerprint density at radius 3 is 2.33 bits per heavy atom. The van der Waals surface area contributed by atoms with Crippen LogP contribution in [0.3, 0.4) is 0 Å². The molecule has 7 heteroatoms. The smallest absolute Gasteiger partial charge is 0.330 e. The molecule has 0 aliphatic rings. The van der Waals surface area contributed by atoms with Gasteiger partial charge in [0.05, 0.1) is 6.20 Å². The molecular weight excluding hydrogens is 387 g/mol. The highest BCUT2D eigenvalue weighted by atomic mass is 19.1. The van der Waals surface area contributed by atoms with Crippen molar-refractivity contribution < 1.29 is 14.3 Å². The third kappa shape index (κ3) is 10.3. The number of hydrogen-bond donors (Lipinski definition) is 2. The summed E-state index contributed by atoms with van der Waals surface area (Å²) in [7, 11) is 0. The maximum Gasteiger partial charge on any atom is 0.330 e. The molecule has 0 bridgehead atoms. The van der Waals surface area contributed by atoms with Crippen molar-refractivity contribution in [1.82, 2.24) is 9.55 Å². The van der Waals surface area contributed by atoms with Gasteiger partial charge in [0, 0.05) is 6.42 Å². The highest BCUT2D eigenvalue weighted by molar-refractivity contribution is 5.80. The van der Waals surface area contributed by atoms with Gasteiger partial charge >= 0.3 is 5.69 Å². The molecule has 0 aliphatic heterocycles. The number of unbranched alkanes of at least 4 members (excludes halogenated alkanes) is 5. The number of Topliss-reactive ketones (excluding diaryl/α,β-unsaturated/α-hetero) is 1. The SMILES string of the molecule is CCC=CCC=CCC=CCCCCCCCC(=O)C(O)n1cc(F)c(=O)[nH]c1=O. The number of aliphatic hydroxyl groups excluding tert-OH is 1. The second kappa shape index (κ2) is 15.3. The Morgan fingerprint density at radius 2 is 1.63 bits per heavy atom. The lowest BCUT2D eigenvalue weighted by atomic mass is 10.1. The molecule has 1 heterocycles. The number of aromatic amines is 1. The maximum atomic E-state index is 13.2. The molecule has 30 heavy (non-hydrogen) atoms. The first-order valence-electron chi connectivity index (χ1n) is 10.6. The predicted molar refractivity (Wildman–Crippen MR) is 117 cm³/mol. The van der Waals surface area contributed by atoms with Crippen LogP contribution in [0.25, 0.3) is 0 Å². The molecule has 6 nitrogen and oxygen atoms in total. The Hall–Kier alpha value is -2.54. The van der Waals surface area contributed by atoms with Crippen LogP contribution in [-0.2, 0) is 4.79 Å². The van der Waals surface area contributed by atoms with Crippen molar-refractivity contribution in [3.8, 4) is 0 Å². The Morgan fingerprint density at radius 1 is 1.03 bits per heavy atom. The van der Waals surface area contributed by atoms with Crippen molar-refractivity contribution in [1.29, 1.82) is 0 Å². The van der Waals surface area contributed by atoms with E-state index in [1.165, 1.54) is 0 Å². The van der Waals surface area contributed by atoms with Gasteiger partial charge in [-0.3, -0.25) is 19.1 Å². The number of allylic oxidation sites excluding steroid dienone is 6. The minimum atomic E-state index is -1.79. The fourth-order valence-corrected chi connectivity index (χ4v) is 2.84. The van der Waals surface area contributed by atoms with E-state index in [1.54, 1.807) is 4.98 Å². The standard InChI is InChI=1S/C23H33FN2O4/c1-2-3-4-5-6-7-8-9-10-11-12-13-14-15-16-17-20(27)22(29)26-18-19(24)21(28)25-23(26)30/h3-4,6-7,9-10,18,22,29H,2,5,8,11-17H2,1H3,(H,25,28,30). The van der Waals surface area contributed by atoms with E-state index in [0.29, 0.717) is 17.2 Å². The zero-order chi connectivity index (χ0) is 22.2. The van der Waals surface area contributed by atoms with Gasteiger partial charge in [0.25, 0.3) is 5.56 Å². The summed E-state index contributed by atoms with van der Waals surface area (Å²) in [5.41, 5.74) is -2.19. The Kier molecular flexibility index (Phi) is 13.0. The van der Waals surface area contributed by atoms with Crippen LogP contribution in [0.4, 0.5) is 4.39 Å². The number of aliphatic hydroxyl groups is 1. The summed E-state index contributed by atoms with van der Waals surface area (Å²) in [6.07, 6.45) is 20.5. The number of ketones is 1. The number of halogens is 1. The summed E-state index contributed by atoms with van der Waals surface area (Å²) in [4.78, 5) is 36.3. The molecule has 0 aliphatic carbocycles. The van der Waals surface area contributed by atoms with Crippen LogP contribution in [0, 0.1) is 5.82 Å². The summed E-state index contributed by atoms with van der Waals surface area (Å²) in [5.74, 6) is -1.81. The van der Waals surface area contributed by atoms with Gasteiger partial charge in [-0.25, -0.2) is 4.79 Å². The number of rotatable bonds is 15. The van der Waals surface area contributed by atoms with Crippen LogP contribution >= 0.6 is 0 Å². The van der Waals surface area contributed by atoms with Gasteiger partial charge in [0.15, 0.2) is 12.0 Å². The number of aromatic nitrogens is 2. The molecule has 0 amide bonds. The molecule has 0 radical (unpaired) electrons. The Labute approximate surface area is 176 Å². The fourth-order valence-electron chi connectivity index (χ4n) is 2.84. The van der Waals surface area contributed by atoms with Crippen LogP contribution in [0.1, 0.15) is 77.4 Å². The van der Waals surface area contributed by atoms with Gasteiger partial charge < -0.3 is 5.11 Å². The van der Waals surface area contributed by atoms with Crippen LogP contribution in [-0.4, -0.2) is 20.4 Å². The van der Waals surface area contributed by atoms with Gasteiger partial charge in [0.2, 0.25) is 5.82 Å². The minimum Gasteiger partial charge on any atom is -0.366 e. The largest absolute Gasteiger partial charge is 0.366 e. The molecule has 1 unspecified atom stereocenters. The summed E-state index contributed by atoms with van der Waals surface area (Å²) in [6, 6.07) is 0. The lowest BCUT2D eigenvalue weighted by molar-refractivity contribution is -0.132. The zero-order valence-corrected chi connectivity index (χ0v) is 17.7. The first kappa shape index (κ1) is 25.5. The number of carbonyl (C=O) groups excluding carboxylic acids is 1. The van der Waals surface area contributed by atoms with Crippen molar-refractivity contribution in [3.05, 3.63) is 69.3 Å². The van der Waals surface area contributed by atoms with E-state index in [1.807, 2.05) is 0 Å². The lowest BCUT2D eigenvalue weighted by Crippen LogP contribution is -2.36. The summed E-state index contributed by atoms with van der Waals surface area (Å²) in [5, 5.41) is 9.91. The van der Waals surface area contributed by atoms with Gasteiger partial charge in [0.1, 0.15) is 0 Å². The lowest BCUT2D eigenvalue weighted by Gasteiger charge is -2.12. The molecule has 1 aromatic heterocycles. The highest BCUT2D eigenvalue weighted by Gasteiger charge is 2.19. The topological polar surface area (TPSA) is 92.2 Å². The highest BCUT2D eigenvalue weighted by Crippen LogP contribution is 2.11. The first-order chi connectivity index (χ1) is 14.5. The van der Waals surface area contributed by atoms with Crippen molar-refractivity contribution >= 4 is 5.78 Å². The monoisotopic (exact) mass is 420 g/mol. The predicted octanol–water partition coefficient (Wildman–Crippen LogP) is 4.33. The van der Waals surface area contributed by atoms with E-state index in [9.17, 15) is 23.9 Å². The van der Waals surface area contributed by atoms with Crippen LogP contribution in [0.15, 0.2) is 52.2 Å². The van der Waals surface area contributed by atoms with Crippen LogP contribution in [0.5, 0.6) is 0 Å². The second-order valence-electron chi connectivity index (χ2n) is 7.08. The molecule has 0 spiro atoms. The molecular formula is C23H33FN2O4. The molecule has 0 saturated heterocycles. The molecule has 0 fully saturated rings. The van der Waals surface area contributed by atoms with Crippen molar-refractivity contribution in [2.75, 3.05) is 0 Å². The normalized spacial score (nSPS) is 13.0. The average molecular weight is 421 g/mol. The first-order valence-corrected chi connectivity index (χ1v) is 10.6. The van der Waals surface area contributed by atoms with Gasteiger partial charge in [-0.15, -0.1) is 0 Å². The van der Waals surface area contributed by atoms with Gasteiger partial charge in [-0.1, -0.05) is 62.6 Å². The minimum absolute atomic E-state index is 0.0913. The number of H-pyrrole nitrogens is 1. The number of nitrogens with zero attached hydrogens (tertiary/aromatic N) is 1. The molecule has 1 atom stereocenters. The summed E-state index contributed by atoms with van der Waals surface area (Å²) in [6.45, 7) is 2.12. The second-order valence-corrected chi connectivity index (χ2v) is 7.08. The quantitative estimate of drug-likeness (QED) is 0.326.